The summed E-state index contributed by atoms with van der Waals surface area (Å²) in [6.45, 7) is 8.13. The minimum Gasteiger partial charge on any atom is -0.493 e. The highest BCUT2D eigenvalue weighted by Crippen LogP contribution is 2.40. The molecule has 214 valence electrons. The SMILES string of the molecule is C=C1C[C@H]2C=Nc3cc(OCCCOc4cc5c(cc4OC)C(=O)N4CC(C)C[C@H]4C=N5)c(OC)cc3C(=O)N2C1. The molecule has 10 nitrogen and oxygen atoms in total. The fourth-order valence-corrected chi connectivity index (χ4v) is 5.91. The van der Waals surface area contributed by atoms with E-state index in [1.165, 1.54) is 0 Å². The summed E-state index contributed by atoms with van der Waals surface area (Å²) < 4.78 is 23.1. The molecule has 0 aromatic heterocycles. The number of aliphatic imine (C=N–C) groups is 2. The van der Waals surface area contributed by atoms with E-state index in [0.29, 0.717) is 77.6 Å². The van der Waals surface area contributed by atoms with Crippen molar-refractivity contribution in [2.75, 3.05) is 40.5 Å². The van der Waals surface area contributed by atoms with Gasteiger partial charge in [0.25, 0.3) is 11.8 Å². The molecule has 41 heavy (non-hydrogen) atoms. The first-order valence-corrected chi connectivity index (χ1v) is 13.9. The number of hydrogen-bond acceptors (Lipinski definition) is 8. The molecule has 10 heteroatoms. The summed E-state index contributed by atoms with van der Waals surface area (Å²) >= 11 is 0. The smallest absolute Gasteiger partial charge is 0.257 e. The molecule has 0 N–H and O–H groups in total. The average molecular weight is 559 g/mol. The van der Waals surface area contributed by atoms with Gasteiger partial charge in [0.2, 0.25) is 0 Å². The Bertz CT molecular complexity index is 1470. The number of benzene rings is 2. The maximum absolute atomic E-state index is 13.2. The highest BCUT2D eigenvalue weighted by Gasteiger charge is 2.36. The van der Waals surface area contributed by atoms with Crippen LogP contribution in [0.25, 0.3) is 0 Å². The summed E-state index contributed by atoms with van der Waals surface area (Å²) in [5.41, 5.74) is 3.16. The zero-order valence-electron chi connectivity index (χ0n) is 23.6. The van der Waals surface area contributed by atoms with Crippen LogP contribution in [0, 0.1) is 5.92 Å². The van der Waals surface area contributed by atoms with Crippen molar-refractivity contribution < 1.29 is 28.5 Å². The van der Waals surface area contributed by atoms with Gasteiger partial charge in [-0.05, 0) is 30.9 Å². The number of nitrogens with zero attached hydrogens (tertiary/aromatic N) is 4. The molecular formula is C31H34N4O6. The number of rotatable bonds is 8. The first-order chi connectivity index (χ1) is 19.9. The Balaban J connectivity index is 1.11. The number of ether oxygens (including phenoxy) is 4. The first kappa shape index (κ1) is 26.9. The molecule has 0 bridgehead atoms. The van der Waals surface area contributed by atoms with Gasteiger partial charge in [0, 0.05) is 44.1 Å². The van der Waals surface area contributed by atoms with Crippen LogP contribution in [0.1, 0.15) is 46.9 Å². The van der Waals surface area contributed by atoms with Gasteiger partial charge in [-0.3, -0.25) is 19.6 Å². The third-order valence-corrected chi connectivity index (χ3v) is 7.97. The molecule has 0 radical (unpaired) electrons. The van der Waals surface area contributed by atoms with Crippen LogP contribution in [-0.2, 0) is 0 Å². The second-order valence-electron chi connectivity index (χ2n) is 11.0. The molecule has 2 amide bonds. The third kappa shape index (κ3) is 5.03. The highest BCUT2D eigenvalue weighted by molar-refractivity contribution is 6.04. The lowest BCUT2D eigenvalue weighted by Crippen LogP contribution is -2.35. The molecule has 2 aromatic rings. The summed E-state index contributed by atoms with van der Waals surface area (Å²) in [5, 5.41) is 0. The predicted octanol–water partition coefficient (Wildman–Crippen LogP) is 4.60. The monoisotopic (exact) mass is 558 g/mol. The molecule has 3 atom stereocenters. The third-order valence-electron chi connectivity index (χ3n) is 7.97. The Morgan fingerprint density at radius 2 is 1.39 bits per heavy atom. The predicted molar refractivity (Wildman–Crippen MR) is 155 cm³/mol. The van der Waals surface area contributed by atoms with E-state index in [-0.39, 0.29) is 23.9 Å². The van der Waals surface area contributed by atoms with Crippen molar-refractivity contribution >= 4 is 35.6 Å². The van der Waals surface area contributed by atoms with Crippen molar-refractivity contribution in [2.24, 2.45) is 15.9 Å². The Morgan fingerprint density at radius 3 is 1.98 bits per heavy atom. The molecule has 0 aliphatic carbocycles. The molecular weight excluding hydrogens is 524 g/mol. The summed E-state index contributed by atoms with van der Waals surface area (Å²) in [5.74, 6) is 2.31. The molecule has 0 spiro atoms. The number of hydrogen-bond donors (Lipinski definition) is 0. The molecule has 2 aromatic carbocycles. The van der Waals surface area contributed by atoms with E-state index in [9.17, 15) is 9.59 Å². The Kier molecular flexibility index (Phi) is 7.15. The lowest BCUT2D eigenvalue weighted by Gasteiger charge is -2.20. The number of amides is 2. The first-order valence-electron chi connectivity index (χ1n) is 13.9. The van der Waals surface area contributed by atoms with E-state index >= 15 is 0 Å². The van der Waals surface area contributed by atoms with Crippen LogP contribution in [0.5, 0.6) is 23.0 Å². The second-order valence-corrected chi connectivity index (χ2v) is 11.0. The van der Waals surface area contributed by atoms with Crippen molar-refractivity contribution in [3.8, 4) is 23.0 Å². The summed E-state index contributed by atoms with van der Waals surface area (Å²) in [7, 11) is 3.10. The fourth-order valence-electron chi connectivity index (χ4n) is 5.91. The maximum atomic E-state index is 13.2. The normalized spacial score (nSPS) is 22.5. The van der Waals surface area contributed by atoms with Gasteiger partial charge in [0.1, 0.15) is 0 Å². The number of fused-ring (bicyclic) bond motifs is 4. The standard InChI is InChI=1S/C31H34N4O6/c1-18-8-20-14-32-24-12-28(26(38-3)10-22(24)30(36)34(20)16-18)40-6-5-7-41-29-13-25-23(11-27(29)39-4)31(37)35-17-19(2)9-21(35)15-33-25/h10-15,19-21H,1,5-9,16-17H2,2-4H3/t19?,20-,21-/m0/s1. The topological polar surface area (TPSA) is 102 Å². The van der Waals surface area contributed by atoms with Crippen molar-refractivity contribution in [1.29, 1.82) is 0 Å². The van der Waals surface area contributed by atoms with Crippen LogP contribution in [0.4, 0.5) is 11.4 Å². The summed E-state index contributed by atoms with van der Waals surface area (Å²) in [4.78, 5) is 39.3. The van der Waals surface area contributed by atoms with Gasteiger partial charge in [-0.25, -0.2) is 0 Å². The van der Waals surface area contributed by atoms with Gasteiger partial charge in [0.05, 0.1) is 62.0 Å². The lowest BCUT2D eigenvalue weighted by molar-refractivity contribution is 0.0765. The molecule has 6 rings (SSSR count). The largest absolute Gasteiger partial charge is 0.493 e. The van der Waals surface area contributed by atoms with E-state index in [0.717, 1.165) is 25.0 Å². The van der Waals surface area contributed by atoms with Crippen LogP contribution >= 0.6 is 0 Å². The van der Waals surface area contributed by atoms with Gasteiger partial charge in [-0.1, -0.05) is 19.1 Å². The Hall–Kier alpha value is -4.34. The van der Waals surface area contributed by atoms with Crippen molar-refractivity contribution in [3.63, 3.8) is 0 Å². The summed E-state index contributed by atoms with van der Waals surface area (Å²) in [6.07, 6.45) is 5.87. The van der Waals surface area contributed by atoms with Gasteiger partial charge in [0.15, 0.2) is 23.0 Å². The maximum Gasteiger partial charge on any atom is 0.257 e. The van der Waals surface area contributed by atoms with Crippen molar-refractivity contribution in [3.05, 3.63) is 47.5 Å². The Labute approximate surface area is 239 Å². The lowest BCUT2D eigenvalue weighted by atomic mass is 10.1. The number of methoxy groups -OCH3 is 2. The van der Waals surface area contributed by atoms with E-state index in [1.807, 2.05) is 17.3 Å². The van der Waals surface area contributed by atoms with Gasteiger partial charge >= 0.3 is 0 Å². The molecule has 4 heterocycles. The zero-order valence-corrected chi connectivity index (χ0v) is 23.6. The minimum absolute atomic E-state index is 0.0170. The Morgan fingerprint density at radius 1 is 0.829 bits per heavy atom. The summed E-state index contributed by atoms with van der Waals surface area (Å²) in [6, 6.07) is 6.86. The van der Waals surface area contributed by atoms with Crippen LogP contribution in [0.2, 0.25) is 0 Å². The van der Waals surface area contributed by atoms with Crippen molar-refractivity contribution in [1.82, 2.24) is 9.80 Å². The van der Waals surface area contributed by atoms with Crippen LogP contribution in [0.15, 0.2) is 46.4 Å². The van der Waals surface area contributed by atoms with Gasteiger partial charge in [-0.15, -0.1) is 0 Å². The van der Waals surface area contributed by atoms with Gasteiger partial charge in [-0.2, -0.15) is 0 Å². The molecule has 0 saturated carbocycles. The van der Waals surface area contributed by atoms with E-state index in [1.54, 1.807) is 43.4 Å². The van der Waals surface area contributed by atoms with Gasteiger partial charge < -0.3 is 28.7 Å². The second kappa shape index (κ2) is 10.9. The van der Waals surface area contributed by atoms with E-state index in [4.69, 9.17) is 18.9 Å². The van der Waals surface area contributed by atoms with Crippen LogP contribution in [0.3, 0.4) is 0 Å². The molecule has 4 aliphatic rings. The van der Waals surface area contributed by atoms with Crippen LogP contribution in [-0.4, -0.2) is 86.6 Å². The highest BCUT2D eigenvalue weighted by atomic mass is 16.5. The molecule has 2 saturated heterocycles. The quantitative estimate of drug-likeness (QED) is 0.347. The average Bonchev–Trinajstić information content (AvgIpc) is 3.48. The minimum atomic E-state index is -0.0879. The van der Waals surface area contributed by atoms with Crippen LogP contribution < -0.4 is 18.9 Å². The fraction of sp³-hybridized carbons (Fsp3) is 0.419. The van der Waals surface area contributed by atoms with E-state index in [2.05, 4.69) is 23.5 Å². The van der Waals surface area contributed by atoms with Crippen molar-refractivity contribution in [2.45, 2.75) is 38.3 Å². The number of carbonyl (C=O) groups excluding carboxylic acids is 2. The number of carbonyl (C=O) groups is 2. The molecule has 1 unspecified atom stereocenters. The molecule has 4 aliphatic heterocycles. The molecule has 2 fully saturated rings. The zero-order chi connectivity index (χ0) is 28.7. The van der Waals surface area contributed by atoms with E-state index < -0.39 is 0 Å².